The molecule has 1 amide bonds. The molecule has 1 aromatic carbocycles. The number of hydrogen-bond donors (Lipinski definition) is 3. The molecule has 10 nitrogen and oxygen atoms in total. The maximum Gasteiger partial charge on any atom is 0.355 e. The molecule has 0 bridgehead atoms. The van der Waals surface area contributed by atoms with E-state index in [1.165, 1.54) is 49.8 Å². The summed E-state index contributed by atoms with van der Waals surface area (Å²) in [4.78, 5) is 25.8. The topological polar surface area (TPSA) is 143 Å². The van der Waals surface area contributed by atoms with Crippen molar-refractivity contribution in [3.8, 4) is 16.5 Å². The Bertz CT molecular complexity index is 1250. The van der Waals surface area contributed by atoms with E-state index in [9.17, 15) is 27.1 Å². The van der Waals surface area contributed by atoms with Gasteiger partial charge in [-0.2, -0.15) is 8.78 Å². The molecular weight excluding hydrogens is 492 g/mol. The van der Waals surface area contributed by atoms with Crippen molar-refractivity contribution < 1.29 is 31.8 Å². The quantitative estimate of drug-likeness (QED) is 0.376. The van der Waals surface area contributed by atoms with Crippen LogP contribution in [-0.4, -0.2) is 52.9 Å². The number of aromatic nitrogens is 3. The van der Waals surface area contributed by atoms with E-state index in [-0.39, 0.29) is 10.7 Å². The van der Waals surface area contributed by atoms with Gasteiger partial charge in [0.25, 0.3) is 15.9 Å². The van der Waals surface area contributed by atoms with Gasteiger partial charge in [0.2, 0.25) is 5.88 Å². The van der Waals surface area contributed by atoms with E-state index in [1.807, 2.05) is 6.92 Å². The zero-order valence-electron chi connectivity index (χ0n) is 18.0. The lowest BCUT2D eigenvalue weighted by atomic mass is 10.0. The highest BCUT2D eigenvalue weighted by molar-refractivity contribution is 7.93. The number of hydrogen-bond acceptors (Lipinski definition) is 9. The van der Waals surface area contributed by atoms with E-state index in [1.54, 1.807) is 4.72 Å². The van der Waals surface area contributed by atoms with Crippen molar-refractivity contribution in [3.63, 3.8) is 0 Å². The summed E-state index contributed by atoms with van der Waals surface area (Å²) in [7, 11) is -4.87. The van der Waals surface area contributed by atoms with Crippen LogP contribution in [-0.2, 0) is 10.0 Å². The van der Waals surface area contributed by atoms with Crippen LogP contribution in [0.25, 0.3) is 10.6 Å². The highest BCUT2D eigenvalue weighted by Gasteiger charge is 2.26. The molecule has 2 aromatic heterocycles. The van der Waals surface area contributed by atoms with Crippen LogP contribution in [0, 0.1) is 0 Å². The molecule has 0 spiro atoms. The largest absolute Gasteiger partial charge is 0.477 e. The average Bonchev–Trinajstić information content (AvgIpc) is 3.28. The first-order valence-corrected chi connectivity index (χ1v) is 12.3. The molecule has 3 aromatic rings. The molecule has 2 heterocycles. The first-order valence-electron chi connectivity index (χ1n) is 9.90. The fourth-order valence-corrected chi connectivity index (χ4v) is 4.19. The molecule has 0 aliphatic carbocycles. The average molecular weight is 514 g/mol. The smallest absolute Gasteiger partial charge is 0.355 e. The summed E-state index contributed by atoms with van der Waals surface area (Å²) in [6.45, 7) is 3.65. The van der Waals surface area contributed by atoms with Crippen molar-refractivity contribution in [3.05, 3.63) is 53.4 Å². The molecule has 3 rings (SSSR count). The number of anilines is 1. The number of benzene rings is 1. The highest BCUT2D eigenvalue weighted by Crippen LogP contribution is 2.27. The van der Waals surface area contributed by atoms with E-state index in [2.05, 4.69) is 20.3 Å². The number of nitrogens with zero attached hydrogens (tertiary/aromatic N) is 3. The minimum absolute atomic E-state index is 0.0822. The van der Waals surface area contributed by atoms with Gasteiger partial charge in [0.1, 0.15) is 5.69 Å². The van der Waals surface area contributed by atoms with Gasteiger partial charge in [-0.3, -0.25) is 14.5 Å². The van der Waals surface area contributed by atoms with Crippen LogP contribution < -0.4 is 14.8 Å². The van der Waals surface area contributed by atoms with E-state index in [0.29, 0.717) is 28.6 Å². The summed E-state index contributed by atoms with van der Waals surface area (Å²) in [5.41, 5.74) is 0.625. The highest BCUT2D eigenvalue weighted by atomic mass is 32.2. The lowest BCUT2D eigenvalue weighted by Gasteiger charge is -2.22. The number of ether oxygens (including phenoxy) is 1. The van der Waals surface area contributed by atoms with Crippen molar-refractivity contribution >= 4 is 33.0 Å². The molecule has 34 heavy (non-hydrogen) atoms. The molecular formula is C20H21F2N5O5S2. The number of carbonyl (C=O) groups excluding carboxylic acids is 1. The molecule has 0 aliphatic rings. The normalized spacial score (nSPS) is 13.4. The van der Waals surface area contributed by atoms with Gasteiger partial charge in [-0.1, -0.05) is 12.1 Å². The molecule has 3 N–H and O–H groups in total. The third-order valence-corrected chi connectivity index (χ3v) is 6.37. The lowest BCUT2D eigenvalue weighted by Crippen LogP contribution is -2.35. The van der Waals surface area contributed by atoms with Crippen molar-refractivity contribution in [2.45, 2.75) is 31.8 Å². The molecule has 0 fully saturated rings. The number of alkyl halides is 2. The Morgan fingerprint density at radius 1 is 1.26 bits per heavy atom. The van der Waals surface area contributed by atoms with Crippen molar-refractivity contribution in [1.82, 2.24) is 20.3 Å². The van der Waals surface area contributed by atoms with E-state index < -0.39 is 33.8 Å². The second-order valence-electron chi connectivity index (χ2n) is 6.93. The molecule has 14 heteroatoms. The van der Waals surface area contributed by atoms with Crippen molar-refractivity contribution in [2.75, 3.05) is 11.3 Å². The number of amides is 1. The van der Waals surface area contributed by atoms with Crippen LogP contribution in [0.5, 0.6) is 5.88 Å². The third-order valence-electron chi connectivity index (χ3n) is 4.37. The lowest BCUT2D eigenvalue weighted by molar-refractivity contribution is 0.0858. The van der Waals surface area contributed by atoms with Gasteiger partial charge >= 0.3 is 5.76 Å². The van der Waals surface area contributed by atoms with E-state index in [4.69, 9.17) is 4.74 Å². The Balaban J connectivity index is 1.79. The van der Waals surface area contributed by atoms with Gasteiger partial charge in [-0.15, -0.1) is 11.3 Å². The number of nitrogens with one attached hydrogen (secondary N) is 2. The number of carbonyl (C=O) groups is 1. The van der Waals surface area contributed by atoms with E-state index in [0.717, 1.165) is 11.3 Å². The minimum Gasteiger partial charge on any atom is -0.477 e. The number of sulfonamides is 1. The van der Waals surface area contributed by atoms with Gasteiger partial charge in [-0.25, -0.2) is 18.4 Å². The third kappa shape index (κ3) is 6.21. The maximum atomic E-state index is 12.8. The summed E-state index contributed by atoms with van der Waals surface area (Å²) in [6, 6.07) is 4.47. The number of thiazole rings is 1. The standard InChI is InChI=1S/C20H21F2N5O5S2/c1-3-32-16-10-23-8-14(25-16)15-9-24-19(33-15)18(29)26-17(11(2)28)12-5-4-6-13(7-12)27-34(30,31)20(21)22/h4-11,17,20,27-28H,3H2,1-2H3,(H,26,29)/t11-,17-/m0/s1. The Morgan fingerprint density at radius 2 is 2.03 bits per heavy atom. The molecule has 0 saturated heterocycles. The molecule has 0 radical (unpaired) electrons. The van der Waals surface area contributed by atoms with Crippen LogP contribution in [0.4, 0.5) is 14.5 Å². The Morgan fingerprint density at radius 3 is 2.71 bits per heavy atom. The predicted molar refractivity (Wildman–Crippen MR) is 121 cm³/mol. The molecule has 0 saturated carbocycles. The Hall–Kier alpha value is -3.23. The second kappa shape index (κ2) is 10.8. The predicted octanol–water partition coefficient (Wildman–Crippen LogP) is 2.82. The molecule has 0 aliphatic heterocycles. The maximum absolute atomic E-state index is 12.8. The number of aliphatic hydroxyl groups is 1. The fraction of sp³-hybridized carbons (Fsp3) is 0.300. The zero-order valence-corrected chi connectivity index (χ0v) is 19.6. The number of rotatable bonds is 10. The number of aliphatic hydroxyl groups excluding tert-OH is 1. The summed E-state index contributed by atoms with van der Waals surface area (Å²) >= 11 is 1.05. The van der Waals surface area contributed by atoms with Crippen LogP contribution in [0.2, 0.25) is 0 Å². The summed E-state index contributed by atoms with van der Waals surface area (Å²) in [5, 5.41) is 12.9. The van der Waals surface area contributed by atoms with Crippen LogP contribution in [0.15, 0.2) is 42.9 Å². The summed E-state index contributed by atoms with van der Waals surface area (Å²) < 4.78 is 55.3. The minimum atomic E-state index is -4.87. The second-order valence-corrected chi connectivity index (χ2v) is 9.61. The van der Waals surface area contributed by atoms with Crippen molar-refractivity contribution in [1.29, 1.82) is 0 Å². The van der Waals surface area contributed by atoms with Gasteiger partial charge in [0.15, 0.2) is 5.01 Å². The summed E-state index contributed by atoms with van der Waals surface area (Å²) in [6.07, 6.45) is 3.32. The van der Waals surface area contributed by atoms with E-state index >= 15 is 0 Å². The SMILES string of the molecule is CCOc1cncc(-c2cnc(C(=O)N[C@H](c3cccc(NS(=O)(=O)C(F)F)c3)[C@H](C)O)s2)n1. The Kier molecular flexibility index (Phi) is 8.06. The number of halogens is 2. The van der Waals surface area contributed by atoms with Crippen LogP contribution in [0.3, 0.4) is 0 Å². The van der Waals surface area contributed by atoms with Crippen LogP contribution >= 0.6 is 11.3 Å². The van der Waals surface area contributed by atoms with Crippen LogP contribution in [0.1, 0.15) is 35.3 Å². The van der Waals surface area contributed by atoms with Gasteiger partial charge < -0.3 is 15.2 Å². The Labute approximate surface area is 198 Å². The molecule has 182 valence electrons. The zero-order chi connectivity index (χ0) is 24.9. The first-order chi connectivity index (χ1) is 16.1. The monoisotopic (exact) mass is 513 g/mol. The van der Waals surface area contributed by atoms with Gasteiger partial charge in [0, 0.05) is 11.9 Å². The first kappa shape index (κ1) is 25.4. The van der Waals surface area contributed by atoms with Crippen molar-refractivity contribution in [2.24, 2.45) is 0 Å². The van der Waals surface area contributed by atoms with Gasteiger partial charge in [-0.05, 0) is 31.5 Å². The molecule has 0 unspecified atom stereocenters. The fourth-order valence-electron chi connectivity index (χ4n) is 2.87. The van der Waals surface area contributed by atoms with Gasteiger partial charge in [0.05, 0.1) is 36.0 Å². The molecule has 2 atom stereocenters. The summed E-state index contributed by atoms with van der Waals surface area (Å²) in [5.74, 6) is -3.88.